The molecule has 0 spiro atoms. The van der Waals surface area contributed by atoms with E-state index in [-0.39, 0.29) is 11.8 Å². The third kappa shape index (κ3) is 3.51. The van der Waals surface area contributed by atoms with Gasteiger partial charge >= 0.3 is 0 Å². The standard InChI is InChI=1S/C17H19N5O2/c1-2-21-12-13(11-19-21)10-18-20-17(24)14-5-7-15(8-6-14)22-9-3-4-16(22)23/h5-8,10-12H,2-4,9H2,1H3,(H,20,24)/b18-10-. The largest absolute Gasteiger partial charge is 0.312 e. The molecule has 0 saturated carbocycles. The Morgan fingerprint density at radius 3 is 2.79 bits per heavy atom. The molecule has 24 heavy (non-hydrogen) atoms. The summed E-state index contributed by atoms with van der Waals surface area (Å²) in [6.45, 7) is 3.52. The number of benzene rings is 1. The number of nitrogens with zero attached hydrogens (tertiary/aromatic N) is 4. The molecule has 7 nitrogen and oxygen atoms in total. The van der Waals surface area contributed by atoms with Crippen LogP contribution in [0.4, 0.5) is 5.69 Å². The van der Waals surface area contributed by atoms with Crippen molar-refractivity contribution in [1.82, 2.24) is 15.2 Å². The highest BCUT2D eigenvalue weighted by molar-refractivity contribution is 5.97. The summed E-state index contributed by atoms with van der Waals surface area (Å²) in [7, 11) is 0. The zero-order valence-electron chi connectivity index (χ0n) is 13.5. The van der Waals surface area contributed by atoms with Crippen LogP contribution in [0, 0.1) is 0 Å². The number of hydrazone groups is 1. The van der Waals surface area contributed by atoms with E-state index in [1.807, 2.05) is 13.1 Å². The van der Waals surface area contributed by atoms with Crippen molar-refractivity contribution in [3.63, 3.8) is 0 Å². The van der Waals surface area contributed by atoms with Crippen molar-refractivity contribution in [2.45, 2.75) is 26.3 Å². The zero-order chi connectivity index (χ0) is 16.9. The van der Waals surface area contributed by atoms with Crippen LogP contribution in [0.25, 0.3) is 0 Å². The maximum atomic E-state index is 12.1. The van der Waals surface area contributed by atoms with Gasteiger partial charge in [0.1, 0.15) is 0 Å². The Kier molecular flexibility index (Phi) is 4.69. The summed E-state index contributed by atoms with van der Waals surface area (Å²) >= 11 is 0. The smallest absolute Gasteiger partial charge is 0.271 e. The average Bonchev–Trinajstić information content (AvgIpc) is 3.23. The molecule has 2 aromatic rings. The molecule has 0 atom stereocenters. The van der Waals surface area contributed by atoms with Crippen molar-refractivity contribution in [1.29, 1.82) is 0 Å². The molecule has 1 fully saturated rings. The highest BCUT2D eigenvalue weighted by Crippen LogP contribution is 2.21. The predicted octanol–water partition coefficient (Wildman–Crippen LogP) is 1.79. The van der Waals surface area contributed by atoms with Crippen molar-refractivity contribution >= 4 is 23.7 Å². The number of aromatic nitrogens is 2. The van der Waals surface area contributed by atoms with E-state index in [0.29, 0.717) is 12.0 Å². The van der Waals surface area contributed by atoms with Gasteiger partial charge in [-0.05, 0) is 37.6 Å². The van der Waals surface area contributed by atoms with Crippen molar-refractivity contribution in [2.75, 3.05) is 11.4 Å². The molecule has 1 aliphatic heterocycles. The van der Waals surface area contributed by atoms with E-state index in [9.17, 15) is 9.59 Å². The first-order valence-corrected chi connectivity index (χ1v) is 7.93. The monoisotopic (exact) mass is 325 g/mol. The minimum Gasteiger partial charge on any atom is -0.312 e. The van der Waals surface area contributed by atoms with Crippen LogP contribution in [-0.4, -0.2) is 34.4 Å². The summed E-state index contributed by atoms with van der Waals surface area (Å²) < 4.78 is 1.78. The molecular formula is C17H19N5O2. The Balaban J connectivity index is 1.59. The van der Waals surface area contributed by atoms with E-state index in [1.165, 1.54) is 0 Å². The fourth-order valence-electron chi connectivity index (χ4n) is 2.56. The SMILES string of the molecule is CCn1cc(/C=N\NC(=O)c2ccc(N3CCCC3=O)cc2)cn1. The van der Waals surface area contributed by atoms with Gasteiger partial charge in [-0.1, -0.05) is 0 Å². The first-order valence-electron chi connectivity index (χ1n) is 7.93. The van der Waals surface area contributed by atoms with Crippen LogP contribution in [0.2, 0.25) is 0 Å². The topological polar surface area (TPSA) is 79.6 Å². The summed E-state index contributed by atoms with van der Waals surface area (Å²) in [6, 6.07) is 6.96. The Morgan fingerprint density at radius 1 is 1.38 bits per heavy atom. The Morgan fingerprint density at radius 2 is 2.17 bits per heavy atom. The van der Waals surface area contributed by atoms with Gasteiger partial charge in [-0.3, -0.25) is 14.3 Å². The number of anilines is 1. The lowest BCUT2D eigenvalue weighted by atomic mass is 10.2. The zero-order valence-corrected chi connectivity index (χ0v) is 13.5. The van der Waals surface area contributed by atoms with Gasteiger partial charge in [-0.25, -0.2) is 5.43 Å². The van der Waals surface area contributed by atoms with E-state index < -0.39 is 0 Å². The lowest BCUT2D eigenvalue weighted by molar-refractivity contribution is -0.117. The molecule has 1 saturated heterocycles. The van der Waals surface area contributed by atoms with E-state index >= 15 is 0 Å². The number of carbonyl (C=O) groups is 2. The lowest BCUT2D eigenvalue weighted by Gasteiger charge is -2.15. The number of aryl methyl sites for hydroxylation is 1. The minimum atomic E-state index is -0.298. The van der Waals surface area contributed by atoms with Gasteiger partial charge in [0.05, 0.1) is 12.4 Å². The van der Waals surface area contributed by atoms with Crippen molar-refractivity contribution in [3.05, 3.63) is 47.8 Å². The van der Waals surface area contributed by atoms with Crippen molar-refractivity contribution in [2.24, 2.45) is 5.10 Å². The number of carbonyl (C=O) groups excluding carboxylic acids is 2. The summed E-state index contributed by atoms with van der Waals surface area (Å²) in [6.07, 6.45) is 6.54. The third-order valence-corrected chi connectivity index (χ3v) is 3.87. The number of rotatable bonds is 5. The fraction of sp³-hybridized carbons (Fsp3) is 0.294. The number of hydrogen-bond donors (Lipinski definition) is 1. The summed E-state index contributed by atoms with van der Waals surface area (Å²) in [4.78, 5) is 25.5. The second-order valence-corrected chi connectivity index (χ2v) is 5.52. The van der Waals surface area contributed by atoms with Crippen molar-refractivity contribution in [3.8, 4) is 0 Å². The summed E-state index contributed by atoms with van der Waals surface area (Å²) in [5.74, 6) is -0.169. The van der Waals surface area contributed by atoms with E-state index in [2.05, 4.69) is 15.6 Å². The fourth-order valence-corrected chi connectivity index (χ4v) is 2.56. The molecule has 0 bridgehead atoms. The molecule has 0 aliphatic carbocycles. The molecule has 3 rings (SSSR count). The summed E-state index contributed by atoms with van der Waals surface area (Å²) in [5, 5.41) is 8.06. The Hall–Kier alpha value is -2.96. The molecule has 1 aromatic heterocycles. The maximum absolute atomic E-state index is 12.1. The van der Waals surface area contributed by atoms with Gasteiger partial charge < -0.3 is 4.90 Å². The van der Waals surface area contributed by atoms with E-state index in [0.717, 1.165) is 30.8 Å². The molecular weight excluding hydrogens is 306 g/mol. The van der Waals surface area contributed by atoms with Crippen LogP contribution in [0.3, 0.4) is 0 Å². The first-order chi connectivity index (χ1) is 11.7. The Bertz CT molecular complexity index is 764. The van der Waals surface area contributed by atoms with Gasteiger partial charge in [0.25, 0.3) is 5.91 Å². The first kappa shape index (κ1) is 15.9. The summed E-state index contributed by atoms with van der Waals surface area (Å²) in [5.41, 5.74) is 4.62. The molecule has 1 aliphatic rings. The molecule has 2 heterocycles. The van der Waals surface area contributed by atoms with Crippen molar-refractivity contribution < 1.29 is 9.59 Å². The third-order valence-electron chi connectivity index (χ3n) is 3.87. The molecule has 7 heteroatoms. The number of nitrogens with one attached hydrogen (secondary N) is 1. The molecule has 2 amide bonds. The lowest BCUT2D eigenvalue weighted by Crippen LogP contribution is -2.24. The average molecular weight is 325 g/mol. The quantitative estimate of drug-likeness (QED) is 0.672. The molecule has 1 N–H and O–H groups in total. The second-order valence-electron chi connectivity index (χ2n) is 5.52. The van der Waals surface area contributed by atoms with Crippen LogP contribution in [-0.2, 0) is 11.3 Å². The molecule has 124 valence electrons. The van der Waals surface area contributed by atoms with Gasteiger partial charge in [0.15, 0.2) is 0 Å². The normalized spacial score (nSPS) is 14.5. The van der Waals surface area contributed by atoms with Crippen LogP contribution in [0.15, 0.2) is 41.8 Å². The van der Waals surface area contributed by atoms with Crippen LogP contribution >= 0.6 is 0 Å². The minimum absolute atomic E-state index is 0.129. The van der Waals surface area contributed by atoms with Crippen LogP contribution in [0.1, 0.15) is 35.7 Å². The van der Waals surface area contributed by atoms with Crippen LogP contribution < -0.4 is 10.3 Å². The second kappa shape index (κ2) is 7.08. The van der Waals surface area contributed by atoms with E-state index in [4.69, 9.17) is 0 Å². The molecule has 0 radical (unpaired) electrons. The highest BCUT2D eigenvalue weighted by Gasteiger charge is 2.21. The van der Waals surface area contributed by atoms with Gasteiger partial charge in [-0.2, -0.15) is 10.2 Å². The number of hydrogen-bond acceptors (Lipinski definition) is 4. The molecule has 0 unspecified atom stereocenters. The Labute approximate surface area is 140 Å². The van der Waals surface area contributed by atoms with E-state index in [1.54, 1.807) is 46.3 Å². The number of amides is 2. The molecule has 1 aromatic carbocycles. The van der Waals surface area contributed by atoms with Gasteiger partial charge in [0.2, 0.25) is 5.91 Å². The van der Waals surface area contributed by atoms with Gasteiger partial charge in [-0.15, -0.1) is 0 Å². The highest BCUT2D eigenvalue weighted by atomic mass is 16.2. The predicted molar refractivity (Wildman–Crippen MR) is 91.0 cm³/mol. The van der Waals surface area contributed by atoms with Crippen LogP contribution in [0.5, 0.6) is 0 Å². The maximum Gasteiger partial charge on any atom is 0.271 e. The van der Waals surface area contributed by atoms with Gasteiger partial charge in [0, 0.05) is 42.5 Å².